The summed E-state index contributed by atoms with van der Waals surface area (Å²) < 4.78 is 5.90. The third-order valence-corrected chi connectivity index (χ3v) is 4.99. The molecule has 1 atom stereocenters. The summed E-state index contributed by atoms with van der Waals surface area (Å²) in [7, 11) is 0. The lowest BCUT2D eigenvalue weighted by Crippen LogP contribution is -2.43. The van der Waals surface area contributed by atoms with Gasteiger partial charge in [-0.05, 0) is 55.0 Å². The van der Waals surface area contributed by atoms with E-state index in [1.54, 1.807) is 42.6 Å². The van der Waals surface area contributed by atoms with Gasteiger partial charge in [0, 0.05) is 16.9 Å². The Bertz CT molecular complexity index is 1020. The number of aliphatic hydroxyl groups excluding tert-OH is 1. The molecule has 4 rings (SSSR count). The Balaban J connectivity index is 1.70. The molecule has 0 radical (unpaired) electrons. The quantitative estimate of drug-likeness (QED) is 0.676. The zero-order valence-electron chi connectivity index (χ0n) is 15.8. The molecule has 0 saturated carbocycles. The molecule has 0 bridgehead atoms. The van der Waals surface area contributed by atoms with Gasteiger partial charge >= 0.3 is 0 Å². The maximum atomic E-state index is 12.9. The smallest absolute Gasteiger partial charge is 0.259 e. The lowest BCUT2D eigenvalue weighted by atomic mass is 10.1. The Kier molecular flexibility index (Phi) is 5.38. The summed E-state index contributed by atoms with van der Waals surface area (Å²) in [6.45, 7) is 2.10. The number of pyridine rings is 1. The van der Waals surface area contributed by atoms with Gasteiger partial charge in [0.05, 0.1) is 23.9 Å². The second-order valence-corrected chi connectivity index (χ2v) is 7.26. The van der Waals surface area contributed by atoms with Gasteiger partial charge in [0.2, 0.25) is 0 Å². The largest absolute Gasteiger partial charge is 0.488 e. The molecule has 1 aliphatic heterocycles. The van der Waals surface area contributed by atoms with Crippen LogP contribution in [0.1, 0.15) is 15.9 Å². The average Bonchev–Trinajstić information content (AvgIpc) is 2.74. The molecule has 0 fully saturated rings. The van der Waals surface area contributed by atoms with Gasteiger partial charge in [0.15, 0.2) is 5.75 Å². The number of aromatic nitrogens is 1. The first kappa shape index (κ1) is 19.2. The summed E-state index contributed by atoms with van der Waals surface area (Å²) in [6.07, 6.45) is 1.77. The fourth-order valence-electron chi connectivity index (χ4n) is 3.27. The van der Waals surface area contributed by atoms with E-state index in [1.165, 1.54) is 0 Å². The highest BCUT2D eigenvalue weighted by atomic mass is 35.5. The Morgan fingerprint density at radius 2 is 2.03 bits per heavy atom. The van der Waals surface area contributed by atoms with Crippen LogP contribution in [-0.2, 0) is 0 Å². The van der Waals surface area contributed by atoms with E-state index in [2.05, 4.69) is 10.3 Å². The summed E-state index contributed by atoms with van der Waals surface area (Å²) >= 11 is 5.91. The molecule has 0 aliphatic carbocycles. The van der Waals surface area contributed by atoms with Crippen molar-refractivity contribution < 1.29 is 14.6 Å². The minimum Gasteiger partial charge on any atom is -0.488 e. The van der Waals surface area contributed by atoms with Crippen molar-refractivity contribution in [2.75, 3.05) is 23.4 Å². The predicted molar refractivity (Wildman–Crippen MR) is 113 cm³/mol. The van der Waals surface area contributed by atoms with Crippen LogP contribution >= 0.6 is 11.6 Å². The van der Waals surface area contributed by atoms with Gasteiger partial charge in [-0.25, -0.2) is 4.98 Å². The van der Waals surface area contributed by atoms with E-state index in [4.69, 9.17) is 16.3 Å². The number of aryl methyl sites for hydroxylation is 1. The van der Waals surface area contributed by atoms with Crippen LogP contribution < -0.4 is 15.0 Å². The third kappa shape index (κ3) is 3.90. The molecule has 7 heteroatoms. The second-order valence-electron chi connectivity index (χ2n) is 6.83. The van der Waals surface area contributed by atoms with Crippen molar-refractivity contribution in [3.05, 3.63) is 76.9 Å². The monoisotopic (exact) mass is 409 g/mol. The molecule has 1 aromatic heterocycles. The van der Waals surface area contributed by atoms with Crippen molar-refractivity contribution >= 4 is 34.7 Å². The number of halogens is 1. The number of carbonyl (C=O) groups excluding carboxylic acids is 1. The van der Waals surface area contributed by atoms with E-state index < -0.39 is 0 Å². The van der Waals surface area contributed by atoms with E-state index in [9.17, 15) is 9.90 Å². The molecule has 2 heterocycles. The lowest BCUT2D eigenvalue weighted by Gasteiger charge is -2.37. The number of amides is 1. The van der Waals surface area contributed by atoms with E-state index in [-0.39, 0.29) is 25.2 Å². The van der Waals surface area contributed by atoms with Crippen LogP contribution in [0.3, 0.4) is 0 Å². The van der Waals surface area contributed by atoms with Crippen LogP contribution in [-0.4, -0.2) is 35.3 Å². The number of fused-ring (bicyclic) bond motifs is 1. The lowest BCUT2D eigenvalue weighted by molar-refractivity contribution is 0.102. The van der Waals surface area contributed by atoms with Gasteiger partial charge in [-0.2, -0.15) is 0 Å². The molecule has 29 heavy (non-hydrogen) atoms. The Labute approximate surface area is 173 Å². The fraction of sp³-hybridized carbons (Fsp3) is 0.182. The molecule has 1 amide bonds. The first-order chi connectivity index (χ1) is 14.1. The molecule has 1 unspecified atom stereocenters. The number of hydrogen-bond acceptors (Lipinski definition) is 5. The van der Waals surface area contributed by atoms with Crippen LogP contribution in [0.2, 0.25) is 5.02 Å². The van der Waals surface area contributed by atoms with E-state index >= 15 is 0 Å². The number of ether oxygens (including phenoxy) is 1. The van der Waals surface area contributed by atoms with Gasteiger partial charge in [-0.15, -0.1) is 0 Å². The highest BCUT2D eigenvalue weighted by molar-refractivity contribution is 6.30. The highest BCUT2D eigenvalue weighted by Gasteiger charge is 2.32. The fourth-order valence-corrected chi connectivity index (χ4v) is 3.40. The zero-order valence-corrected chi connectivity index (χ0v) is 16.6. The predicted octanol–water partition coefficient (Wildman–Crippen LogP) is 4.19. The third-order valence-electron chi connectivity index (χ3n) is 4.74. The number of aliphatic hydroxyl groups is 1. The summed E-state index contributed by atoms with van der Waals surface area (Å²) in [4.78, 5) is 19.3. The van der Waals surface area contributed by atoms with Crippen LogP contribution in [0.5, 0.6) is 5.75 Å². The first-order valence-electron chi connectivity index (χ1n) is 9.22. The van der Waals surface area contributed by atoms with Crippen molar-refractivity contribution in [1.29, 1.82) is 0 Å². The normalized spacial score (nSPS) is 15.4. The van der Waals surface area contributed by atoms with Crippen molar-refractivity contribution in [3.63, 3.8) is 0 Å². The molecule has 148 valence electrons. The number of nitrogens with zero attached hydrogens (tertiary/aromatic N) is 2. The number of hydrogen-bond donors (Lipinski definition) is 2. The number of nitrogens with one attached hydrogen (secondary N) is 1. The van der Waals surface area contributed by atoms with Crippen LogP contribution in [0.15, 0.2) is 60.8 Å². The molecule has 3 aromatic rings. The van der Waals surface area contributed by atoms with E-state index in [1.807, 2.05) is 30.0 Å². The van der Waals surface area contributed by atoms with E-state index in [0.717, 1.165) is 5.56 Å². The highest BCUT2D eigenvalue weighted by Crippen LogP contribution is 2.40. The summed E-state index contributed by atoms with van der Waals surface area (Å²) in [5, 5.41) is 13.3. The minimum absolute atomic E-state index is 0.101. The van der Waals surface area contributed by atoms with Gasteiger partial charge in [0.1, 0.15) is 12.4 Å². The van der Waals surface area contributed by atoms with E-state index in [0.29, 0.717) is 33.5 Å². The van der Waals surface area contributed by atoms with Crippen LogP contribution in [0.4, 0.5) is 17.2 Å². The molecule has 0 saturated heterocycles. The van der Waals surface area contributed by atoms with Crippen molar-refractivity contribution in [2.24, 2.45) is 0 Å². The maximum Gasteiger partial charge on any atom is 0.259 e. The molecule has 6 nitrogen and oxygen atoms in total. The van der Waals surface area contributed by atoms with Crippen LogP contribution in [0, 0.1) is 6.92 Å². The standard InChI is InChI=1S/C22H20ClN3O3/c1-14-5-10-20(24-11-14)26-17(12-27)13-29-21-18(3-2-4-19(21)26)22(28)25-16-8-6-15(23)7-9-16/h2-11,17,27H,12-13H2,1H3,(H,25,28). The Hall–Kier alpha value is -3.09. The number of para-hydroxylation sites is 1. The van der Waals surface area contributed by atoms with Gasteiger partial charge in [0.25, 0.3) is 5.91 Å². The van der Waals surface area contributed by atoms with Gasteiger partial charge < -0.3 is 20.1 Å². The summed E-state index contributed by atoms with van der Waals surface area (Å²) in [6, 6.07) is 15.8. The Morgan fingerprint density at radius 1 is 1.24 bits per heavy atom. The number of rotatable bonds is 4. The molecular formula is C22H20ClN3O3. The number of carbonyl (C=O) groups is 1. The minimum atomic E-state index is -0.299. The molecular weight excluding hydrogens is 390 g/mol. The van der Waals surface area contributed by atoms with Crippen molar-refractivity contribution in [3.8, 4) is 5.75 Å². The van der Waals surface area contributed by atoms with Crippen LogP contribution in [0.25, 0.3) is 0 Å². The number of anilines is 3. The maximum absolute atomic E-state index is 12.9. The molecule has 2 N–H and O–H groups in total. The molecule has 2 aromatic carbocycles. The molecule has 0 spiro atoms. The number of benzene rings is 2. The SMILES string of the molecule is Cc1ccc(N2c3cccc(C(=O)Nc4ccc(Cl)cc4)c3OCC2CO)nc1. The van der Waals surface area contributed by atoms with Crippen molar-refractivity contribution in [1.82, 2.24) is 4.98 Å². The van der Waals surface area contributed by atoms with Gasteiger partial charge in [-0.1, -0.05) is 23.7 Å². The van der Waals surface area contributed by atoms with Crippen molar-refractivity contribution in [2.45, 2.75) is 13.0 Å². The topological polar surface area (TPSA) is 74.7 Å². The summed E-state index contributed by atoms with van der Waals surface area (Å²) in [5.74, 6) is 0.865. The summed E-state index contributed by atoms with van der Waals surface area (Å²) in [5.41, 5.74) is 2.78. The Morgan fingerprint density at radius 3 is 2.72 bits per heavy atom. The zero-order chi connectivity index (χ0) is 20.4. The molecule has 1 aliphatic rings. The first-order valence-corrected chi connectivity index (χ1v) is 9.60. The van der Waals surface area contributed by atoms with Gasteiger partial charge in [-0.3, -0.25) is 4.79 Å². The average molecular weight is 410 g/mol. The second kappa shape index (κ2) is 8.11.